The highest BCUT2D eigenvalue weighted by atomic mass is 32.1. The van der Waals surface area contributed by atoms with Crippen LogP contribution in [0.15, 0.2) is 36.4 Å². The molecule has 35 heavy (non-hydrogen) atoms. The molecule has 1 aromatic carbocycles. The van der Waals surface area contributed by atoms with Crippen LogP contribution >= 0.6 is 11.3 Å². The minimum Gasteiger partial charge on any atom is -0.449 e. The Kier molecular flexibility index (Phi) is 10.2. The first-order valence-corrected chi connectivity index (χ1v) is 12.5. The predicted molar refractivity (Wildman–Crippen MR) is 135 cm³/mol. The molecule has 1 aromatic heterocycles. The van der Waals surface area contributed by atoms with Crippen molar-refractivity contribution in [1.82, 2.24) is 20.1 Å². The lowest BCUT2D eigenvalue weighted by atomic mass is 10.1. The number of benzene rings is 1. The van der Waals surface area contributed by atoms with Gasteiger partial charge in [-0.05, 0) is 12.5 Å². The maximum absolute atomic E-state index is 12.8. The fourth-order valence-electron chi connectivity index (χ4n) is 3.47. The minimum absolute atomic E-state index is 0.130. The SMILES string of the molecule is CCCCOC(=O)N1CCN(C(=O)CNC(=O)c2nc(-c3ccccc3)c(/C=C/COC)s2)CC1. The first-order chi connectivity index (χ1) is 17.0. The number of hydrogen-bond donors (Lipinski definition) is 1. The van der Waals surface area contributed by atoms with Gasteiger partial charge < -0.3 is 24.6 Å². The highest BCUT2D eigenvalue weighted by Crippen LogP contribution is 2.29. The van der Waals surface area contributed by atoms with E-state index in [0.717, 1.165) is 23.3 Å². The number of rotatable bonds is 10. The van der Waals surface area contributed by atoms with E-state index in [9.17, 15) is 14.4 Å². The number of piperazine rings is 1. The normalized spacial score (nSPS) is 13.8. The van der Waals surface area contributed by atoms with Gasteiger partial charge in [-0.1, -0.05) is 49.8 Å². The lowest BCUT2D eigenvalue weighted by Gasteiger charge is -2.34. The molecule has 0 unspecified atom stereocenters. The zero-order chi connectivity index (χ0) is 25.0. The zero-order valence-corrected chi connectivity index (χ0v) is 21.0. The van der Waals surface area contributed by atoms with Crippen LogP contribution in [0.3, 0.4) is 0 Å². The Hall–Kier alpha value is -3.24. The summed E-state index contributed by atoms with van der Waals surface area (Å²) >= 11 is 1.26. The number of amides is 3. The third-order valence-corrected chi connectivity index (χ3v) is 6.46. The monoisotopic (exact) mass is 500 g/mol. The molecule has 1 saturated heterocycles. The van der Waals surface area contributed by atoms with Crippen LogP contribution in [0.1, 0.15) is 34.4 Å². The van der Waals surface area contributed by atoms with Gasteiger partial charge in [0.2, 0.25) is 5.91 Å². The van der Waals surface area contributed by atoms with Crippen molar-refractivity contribution >= 4 is 35.3 Å². The lowest BCUT2D eigenvalue weighted by Crippen LogP contribution is -2.52. The Morgan fingerprint density at radius 3 is 2.51 bits per heavy atom. The van der Waals surface area contributed by atoms with Crippen molar-refractivity contribution in [2.24, 2.45) is 0 Å². The average molecular weight is 501 g/mol. The van der Waals surface area contributed by atoms with E-state index in [4.69, 9.17) is 9.47 Å². The van der Waals surface area contributed by atoms with Crippen LogP contribution in [0.2, 0.25) is 0 Å². The number of ether oxygens (including phenoxy) is 2. The highest BCUT2D eigenvalue weighted by molar-refractivity contribution is 7.15. The Morgan fingerprint density at radius 1 is 1.11 bits per heavy atom. The Balaban J connectivity index is 1.55. The summed E-state index contributed by atoms with van der Waals surface area (Å²) < 4.78 is 10.3. The van der Waals surface area contributed by atoms with Crippen LogP contribution in [-0.4, -0.2) is 85.7 Å². The molecule has 0 spiro atoms. The summed E-state index contributed by atoms with van der Waals surface area (Å²) in [5.74, 6) is -0.595. The highest BCUT2D eigenvalue weighted by Gasteiger charge is 2.25. The van der Waals surface area contributed by atoms with E-state index in [1.165, 1.54) is 11.3 Å². The van der Waals surface area contributed by atoms with Crippen LogP contribution in [0.5, 0.6) is 0 Å². The number of thiazole rings is 1. The van der Waals surface area contributed by atoms with Gasteiger partial charge in [-0.2, -0.15) is 0 Å². The second-order valence-electron chi connectivity index (χ2n) is 7.97. The van der Waals surface area contributed by atoms with Crippen molar-refractivity contribution in [1.29, 1.82) is 0 Å². The number of methoxy groups -OCH3 is 1. The number of nitrogens with zero attached hydrogens (tertiary/aromatic N) is 3. The fourth-order valence-corrected chi connectivity index (χ4v) is 4.41. The zero-order valence-electron chi connectivity index (χ0n) is 20.2. The summed E-state index contributed by atoms with van der Waals surface area (Å²) in [5.41, 5.74) is 1.61. The average Bonchev–Trinajstić information content (AvgIpc) is 3.32. The molecule has 1 aliphatic heterocycles. The quantitative estimate of drug-likeness (QED) is 0.503. The van der Waals surface area contributed by atoms with Gasteiger partial charge in [-0.25, -0.2) is 9.78 Å². The van der Waals surface area contributed by atoms with Gasteiger partial charge in [0, 0.05) is 38.9 Å². The molecule has 9 nitrogen and oxygen atoms in total. The van der Waals surface area contributed by atoms with Gasteiger partial charge in [0.1, 0.15) is 0 Å². The summed E-state index contributed by atoms with van der Waals surface area (Å²) in [6.45, 7) is 4.40. The maximum Gasteiger partial charge on any atom is 0.409 e. The number of unbranched alkanes of at least 4 members (excludes halogenated alkanes) is 1. The summed E-state index contributed by atoms with van der Waals surface area (Å²) in [6, 6.07) is 9.63. The number of carbonyl (C=O) groups excluding carboxylic acids is 3. The maximum atomic E-state index is 12.8. The van der Waals surface area contributed by atoms with E-state index >= 15 is 0 Å². The predicted octanol–water partition coefficient (Wildman–Crippen LogP) is 3.28. The Morgan fingerprint density at radius 2 is 1.83 bits per heavy atom. The van der Waals surface area contributed by atoms with Gasteiger partial charge in [0.25, 0.3) is 5.91 Å². The minimum atomic E-state index is -0.398. The third-order valence-electron chi connectivity index (χ3n) is 5.44. The number of carbonyl (C=O) groups is 3. The molecular formula is C25H32N4O5S. The lowest BCUT2D eigenvalue weighted by molar-refractivity contribution is -0.131. The second kappa shape index (κ2) is 13.6. The summed E-state index contributed by atoms with van der Waals surface area (Å²) in [5, 5.41) is 2.97. The molecule has 3 amide bonds. The topological polar surface area (TPSA) is 101 Å². The molecule has 0 radical (unpaired) electrons. The molecule has 0 saturated carbocycles. The molecule has 0 atom stereocenters. The molecule has 0 aliphatic carbocycles. The summed E-state index contributed by atoms with van der Waals surface area (Å²) in [7, 11) is 1.62. The molecule has 1 aliphatic rings. The van der Waals surface area contributed by atoms with Crippen LogP contribution in [0.25, 0.3) is 17.3 Å². The van der Waals surface area contributed by atoms with Crippen LogP contribution < -0.4 is 5.32 Å². The van der Waals surface area contributed by atoms with E-state index in [2.05, 4.69) is 10.3 Å². The van der Waals surface area contributed by atoms with Crippen molar-refractivity contribution < 1.29 is 23.9 Å². The van der Waals surface area contributed by atoms with Crippen molar-refractivity contribution in [3.8, 4) is 11.3 Å². The smallest absolute Gasteiger partial charge is 0.409 e. The van der Waals surface area contributed by atoms with Crippen molar-refractivity contribution in [2.75, 3.05) is 53.0 Å². The first kappa shape index (κ1) is 26.4. The van der Waals surface area contributed by atoms with E-state index in [1.54, 1.807) is 16.9 Å². The molecule has 1 fully saturated rings. The van der Waals surface area contributed by atoms with E-state index in [1.807, 2.05) is 49.4 Å². The molecule has 188 valence electrons. The van der Waals surface area contributed by atoms with E-state index in [0.29, 0.717) is 45.1 Å². The van der Waals surface area contributed by atoms with Gasteiger partial charge in [0.05, 0.1) is 30.3 Å². The molecule has 2 heterocycles. The number of nitrogens with one attached hydrogen (secondary N) is 1. The Bertz CT molecular complexity index is 1020. The van der Waals surface area contributed by atoms with E-state index < -0.39 is 5.91 Å². The second-order valence-corrected chi connectivity index (χ2v) is 9.00. The molecule has 3 rings (SSSR count). The number of aromatic nitrogens is 1. The molecular weight excluding hydrogens is 468 g/mol. The van der Waals surface area contributed by atoms with Crippen molar-refractivity contribution in [3.63, 3.8) is 0 Å². The third kappa shape index (κ3) is 7.63. The molecule has 0 bridgehead atoms. The van der Waals surface area contributed by atoms with Gasteiger partial charge in [0.15, 0.2) is 5.01 Å². The van der Waals surface area contributed by atoms with Crippen molar-refractivity contribution in [3.05, 3.63) is 46.3 Å². The Labute approximate surface area is 209 Å². The van der Waals surface area contributed by atoms with Gasteiger partial charge >= 0.3 is 6.09 Å². The largest absolute Gasteiger partial charge is 0.449 e. The van der Waals surface area contributed by atoms with Gasteiger partial charge in [-0.3, -0.25) is 9.59 Å². The molecule has 2 aromatic rings. The van der Waals surface area contributed by atoms with E-state index in [-0.39, 0.29) is 23.6 Å². The van der Waals surface area contributed by atoms with Crippen LogP contribution in [0.4, 0.5) is 4.79 Å². The number of hydrogen-bond acceptors (Lipinski definition) is 7. The van der Waals surface area contributed by atoms with Crippen LogP contribution in [-0.2, 0) is 14.3 Å². The standard InChI is InChI=1S/C25H32N4O5S/c1-3-4-17-34-25(32)29-14-12-28(13-15-29)21(30)18-26-23(31)24-27-22(19-9-6-5-7-10-19)20(35-24)11-8-16-33-2/h5-11H,3-4,12-18H2,1-2H3,(H,26,31)/b11-8+. The van der Waals surface area contributed by atoms with Crippen molar-refractivity contribution in [2.45, 2.75) is 19.8 Å². The summed E-state index contributed by atoms with van der Waals surface area (Å²) in [6.07, 6.45) is 5.21. The first-order valence-electron chi connectivity index (χ1n) is 11.7. The molecule has 1 N–H and O–H groups in total. The fraction of sp³-hybridized carbons (Fsp3) is 0.440. The van der Waals surface area contributed by atoms with Crippen LogP contribution in [0, 0.1) is 0 Å². The molecule has 10 heteroatoms. The summed E-state index contributed by atoms with van der Waals surface area (Å²) in [4.78, 5) is 46.1. The van der Waals surface area contributed by atoms with Gasteiger partial charge in [-0.15, -0.1) is 11.3 Å².